The summed E-state index contributed by atoms with van der Waals surface area (Å²) >= 11 is 0. The van der Waals surface area contributed by atoms with Crippen molar-refractivity contribution in [2.75, 3.05) is 19.8 Å². The van der Waals surface area contributed by atoms with Crippen molar-refractivity contribution in [2.24, 2.45) is 29.0 Å². The van der Waals surface area contributed by atoms with Crippen molar-refractivity contribution >= 4 is 71.0 Å². The number of nitrogens with one attached hydrogen (secondary N) is 10. The minimum Gasteiger partial charge on any atom is -0.481 e. The number of carboxylic acids is 2. The van der Waals surface area contributed by atoms with Crippen LogP contribution in [0.1, 0.15) is 104 Å². The van der Waals surface area contributed by atoms with Gasteiger partial charge in [0.25, 0.3) is 0 Å². The van der Waals surface area contributed by atoms with E-state index in [1.807, 2.05) is 0 Å². The topological polar surface area (TPSA) is 501 Å². The van der Waals surface area contributed by atoms with Crippen LogP contribution in [0.3, 0.4) is 0 Å². The number of primary amides is 1. The maximum Gasteiger partial charge on any atom is 0.326 e. The van der Waals surface area contributed by atoms with Crippen molar-refractivity contribution < 1.29 is 78.0 Å². The molecule has 20 N–H and O–H groups in total. The molecule has 2 rings (SSSR count). The molecule has 456 valence electrons. The fourth-order valence-corrected chi connectivity index (χ4v) is 8.01. The standard InChI is InChI=1S/C52H82N14O16/c1-27(2)19-36(47(76)58-29(5)43(72)59-34(14-16-41(55)69)46(75)61-35(52(81)82)15-17-42(70)71)62-49(78)38(22-31-23-56-26-57-31)64-48(77)37(20-28(3)4)63-51(80)40(25-68)66-45(74)33(13-9-10-18-53)60-50(79)39(24-67)65-44(73)32(54)21-30-11-7-6-8-12-30/h6-8,11-12,23,26-29,32-40,67-68H,9-10,13-22,24-25,53-54H2,1-5H3,(H2,55,69)(H,56,57)(H,58,76)(H,59,72)(H,60,79)(H,61,75)(H,62,78)(H,63,80)(H,64,77)(H,65,73)(H,66,74)(H,70,71)(H,81,82)/t29-,32-,33-,34-,35-,36-,37-,38-,39-,40-/m0/s1. The monoisotopic (exact) mass is 1160 g/mol. The van der Waals surface area contributed by atoms with E-state index in [2.05, 4.69) is 57.8 Å². The van der Waals surface area contributed by atoms with Crippen LogP contribution >= 0.6 is 0 Å². The van der Waals surface area contributed by atoms with Crippen LogP contribution in [0.5, 0.6) is 0 Å². The van der Waals surface area contributed by atoms with Gasteiger partial charge in [-0.25, -0.2) is 9.78 Å². The van der Waals surface area contributed by atoms with E-state index in [9.17, 15) is 72.9 Å². The van der Waals surface area contributed by atoms with Crippen LogP contribution in [0.15, 0.2) is 42.9 Å². The minimum absolute atomic E-state index is 0.0203. The Morgan fingerprint density at radius 1 is 0.524 bits per heavy atom. The maximum absolute atomic E-state index is 14.3. The van der Waals surface area contributed by atoms with Crippen LogP contribution in [0.2, 0.25) is 0 Å². The largest absolute Gasteiger partial charge is 0.481 e. The molecule has 1 heterocycles. The summed E-state index contributed by atoms with van der Waals surface area (Å²) in [5.74, 6) is -12.8. The first-order valence-corrected chi connectivity index (χ1v) is 26.8. The predicted molar refractivity (Wildman–Crippen MR) is 292 cm³/mol. The van der Waals surface area contributed by atoms with Crippen LogP contribution in [0.25, 0.3) is 0 Å². The molecule has 0 aliphatic heterocycles. The zero-order chi connectivity index (χ0) is 61.6. The van der Waals surface area contributed by atoms with Crippen LogP contribution < -0.4 is 65.1 Å². The molecule has 10 amide bonds. The molecule has 30 heteroatoms. The number of rotatable bonds is 39. The van der Waals surface area contributed by atoms with Crippen molar-refractivity contribution in [3.8, 4) is 0 Å². The van der Waals surface area contributed by atoms with E-state index in [0.29, 0.717) is 18.5 Å². The number of carbonyl (C=O) groups excluding carboxylic acids is 10. The normalized spacial score (nSPS) is 14.8. The number of hydrogen-bond acceptors (Lipinski definition) is 17. The van der Waals surface area contributed by atoms with Gasteiger partial charge in [0.2, 0.25) is 59.1 Å². The Balaban J connectivity index is 2.31. The SMILES string of the molecule is CC(C)C[C@H](NC(=O)[C@H](Cc1cnc[nH]1)NC(=O)[C@H](CC(C)C)NC(=O)[C@H](CO)NC(=O)[C@H](CCCCN)NC(=O)[C@H](CO)NC(=O)[C@@H](N)Cc1ccccc1)C(=O)N[C@@H](C)C(=O)N[C@@H](CCC(N)=O)C(=O)N[C@@H](CCC(=O)O)C(=O)O. The first-order valence-electron chi connectivity index (χ1n) is 26.8. The lowest BCUT2D eigenvalue weighted by atomic mass is 10.0. The zero-order valence-electron chi connectivity index (χ0n) is 46.7. The Morgan fingerprint density at radius 3 is 1.45 bits per heavy atom. The van der Waals surface area contributed by atoms with Gasteiger partial charge in [-0.1, -0.05) is 58.0 Å². The number of aliphatic carboxylic acids is 2. The number of nitrogens with two attached hydrogens (primary N) is 3. The van der Waals surface area contributed by atoms with Gasteiger partial charge in [-0.05, 0) is 82.2 Å². The number of imidazole rings is 1. The van der Waals surface area contributed by atoms with E-state index in [0.717, 1.165) is 5.56 Å². The molecule has 0 bridgehead atoms. The summed E-state index contributed by atoms with van der Waals surface area (Å²) < 4.78 is 0. The lowest BCUT2D eigenvalue weighted by molar-refractivity contribution is -0.143. The average molecular weight is 1160 g/mol. The van der Waals surface area contributed by atoms with E-state index in [1.165, 1.54) is 19.4 Å². The Bertz CT molecular complexity index is 2450. The second-order valence-electron chi connectivity index (χ2n) is 20.5. The van der Waals surface area contributed by atoms with E-state index in [-0.39, 0.29) is 50.5 Å². The van der Waals surface area contributed by atoms with E-state index in [1.54, 1.807) is 58.0 Å². The molecule has 0 aliphatic carbocycles. The summed E-state index contributed by atoms with van der Waals surface area (Å²) in [4.78, 5) is 164. The van der Waals surface area contributed by atoms with Crippen molar-refractivity contribution in [1.82, 2.24) is 57.8 Å². The van der Waals surface area contributed by atoms with Crippen LogP contribution in [0.4, 0.5) is 0 Å². The molecule has 0 saturated heterocycles. The summed E-state index contributed by atoms with van der Waals surface area (Å²) in [5.41, 5.74) is 18.1. The van der Waals surface area contributed by atoms with Gasteiger partial charge >= 0.3 is 11.9 Å². The number of H-pyrrole nitrogens is 1. The first kappa shape index (κ1) is 70.0. The number of aliphatic hydroxyl groups is 2. The third-order valence-corrected chi connectivity index (χ3v) is 12.5. The molecule has 10 atom stereocenters. The quantitative estimate of drug-likeness (QED) is 0.0280. The second-order valence-corrected chi connectivity index (χ2v) is 20.5. The molecule has 2 aromatic rings. The highest BCUT2D eigenvalue weighted by atomic mass is 16.4. The third kappa shape index (κ3) is 26.0. The van der Waals surface area contributed by atoms with E-state index >= 15 is 0 Å². The van der Waals surface area contributed by atoms with Crippen LogP contribution in [0, 0.1) is 11.8 Å². The lowest BCUT2D eigenvalue weighted by Gasteiger charge is -2.28. The van der Waals surface area contributed by atoms with Crippen LogP contribution in [-0.2, 0) is 70.4 Å². The highest BCUT2D eigenvalue weighted by Gasteiger charge is 2.36. The van der Waals surface area contributed by atoms with Gasteiger partial charge in [0.15, 0.2) is 0 Å². The highest BCUT2D eigenvalue weighted by molar-refractivity contribution is 5.98. The van der Waals surface area contributed by atoms with Crippen molar-refractivity contribution in [1.29, 1.82) is 0 Å². The smallest absolute Gasteiger partial charge is 0.326 e. The van der Waals surface area contributed by atoms with Gasteiger partial charge in [-0.15, -0.1) is 0 Å². The predicted octanol–water partition coefficient (Wildman–Crippen LogP) is -4.67. The summed E-state index contributed by atoms with van der Waals surface area (Å²) in [6.07, 6.45) is 1.21. The van der Waals surface area contributed by atoms with Crippen molar-refractivity contribution in [2.45, 2.75) is 166 Å². The number of nitrogens with zero attached hydrogens (tertiary/aromatic N) is 1. The molecule has 0 fully saturated rings. The Labute approximate surface area is 474 Å². The number of unbranched alkanes of at least 4 members (excludes halogenated alkanes) is 1. The molecule has 82 heavy (non-hydrogen) atoms. The third-order valence-electron chi connectivity index (χ3n) is 12.5. The number of aliphatic hydroxyl groups excluding tert-OH is 2. The van der Waals surface area contributed by atoms with E-state index in [4.69, 9.17) is 22.3 Å². The first-order chi connectivity index (χ1) is 38.7. The number of benzene rings is 1. The molecule has 0 aliphatic rings. The van der Waals surface area contributed by atoms with Gasteiger partial charge in [-0.2, -0.15) is 0 Å². The number of aromatic nitrogens is 2. The molecular weight excluding hydrogens is 1080 g/mol. The average Bonchev–Trinajstić information content (AvgIpc) is 3.95. The number of amides is 10. The zero-order valence-corrected chi connectivity index (χ0v) is 46.7. The van der Waals surface area contributed by atoms with E-state index < -0.39 is 170 Å². The number of carboxylic acid groups (broad SMARTS) is 2. The molecule has 0 spiro atoms. The van der Waals surface area contributed by atoms with Crippen molar-refractivity contribution in [3.63, 3.8) is 0 Å². The fourth-order valence-electron chi connectivity index (χ4n) is 8.01. The molecule has 0 saturated carbocycles. The van der Waals surface area contributed by atoms with Crippen LogP contribution in [-0.4, -0.2) is 182 Å². The number of aromatic amines is 1. The summed E-state index contributed by atoms with van der Waals surface area (Å²) in [6.45, 7) is 6.51. The van der Waals surface area contributed by atoms with Gasteiger partial charge in [0.05, 0.1) is 25.6 Å². The molecule has 0 radical (unpaired) electrons. The molecule has 1 aromatic heterocycles. The Hall–Kier alpha value is -8.09. The highest BCUT2D eigenvalue weighted by Crippen LogP contribution is 2.12. The molecule has 30 nitrogen and oxygen atoms in total. The Kier molecular flexibility index (Phi) is 31.0. The van der Waals surface area contributed by atoms with Crippen molar-refractivity contribution in [3.05, 3.63) is 54.1 Å². The summed E-state index contributed by atoms with van der Waals surface area (Å²) in [5, 5.41) is 60.9. The summed E-state index contributed by atoms with van der Waals surface area (Å²) in [7, 11) is 0. The number of carbonyl (C=O) groups is 12. The van der Waals surface area contributed by atoms with Gasteiger partial charge in [-0.3, -0.25) is 52.7 Å². The Morgan fingerprint density at radius 2 is 0.963 bits per heavy atom. The minimum atomic E-state index is -1.71. The second kappa shape index (κ2) is 36.3. The molecule has 0 unspecified atom stereocenters. The maximum atomic E-state index is 14.3. The lowest BCUT2D eigenvalue weighted by Crippen LogP contribution is -2.61. The van der Waals surface area contributed by atoms with Gasteiger partial charge < -0.3 is 90.5 Å². The fraction of sp³-hybridized carbons (Fsp3) is 0.596. The summed E-state index contributed by atoms with van der Waals surface area (Å²) in [6, 6.07) is -5.87. The van der Waals surface area contributed by atoms with Gasteiger partial charge in [0, 0.05) is 31.2 Å². The van der Waals surface area contributed by atoms with Gasteiger partial charge in [0.1, 0.15) is 54.4 Å². The number of hydrogen-bond donors (Lipinski definition) is 17. The molecule has 1 aromatic carbocycles. The molecular formula is C52H82N14O16.